The van der Waals surface area contributed by atoms with Crippen molar-refractivity contribution in [1.29, 1.82) is 0 Å². The van der Waals surface area contributed by atoms with Gasteiger partial charge in [0.05, 0.1) is 7.45 Å². The fraction of sp³-hybridized carbons (Fsp3) is 0.333. The molecule has 0 atom stereocenters. The van der Waals surface area contributed by atoms with Crippen LogP contribution in [0.15, 0.2) is 24.3 Å². The molecule has 2 N–H and O–H groups in total. The van der Waals surface area contributed by atoms with E-state index < -0.39 is 26.9 Å². The Hall–Kier alpha value is -0.995. The molecule has 0 bridgehead atoms. The molecule has 0 aliphatic carbocycles. The molecule has 3 nitrogen and oxygen atoms in total. The van der Waals surface area contributed by atoms with E-state index in [1.54, 1.807) is 0 Å². The summed E-state index contributed by atoms with van der Waals surface area (Å²) in [5, 5.41) is 18.0. The zero-order chi connectivity index (χ0) is 15.8. The first-order chi connectivity index (χ1) is 8.88. The van der Waals surface area contributed by atoms with E-state index in [9.17, 15) is 0 Å². The maximum atomic E-state index is 9.00. The smallest absolute Gasteiger partial charge is 0.488 e. The number of hydrogen-bond donors (Lipinski definition) is 2. The van der Waals surface area contributed by atoms with Crippen molar-refractivity contribution in [1.82, 2.24) is 0 Å². The minimum absolute atomic E-state index is 0.0130. The molecule has 0 heterocycles. The van der Waals surface area contributed by atoms with Gasteiger partial charge in [-0.25, -0.2) is 0 Å². The quantitative estimate of drug-likeness (QED) is 0.662. The van der Waals surface area contributed by atoms with Crippen LogP contribution >= 0.6 is 0 Å². The fourth-order valence-corrected chi connectivity index (χ4v) is 0.856. The molecule has 70 valence electrons. The Kier molecular flexibility index (Phi) is 1.33. The lowest BCUT2D eigenvalue weighted by atomic mass is 9.80. The number of ether oxygens (including phenoxy) is 1. The second-order valence-electron chi connectivity index (χ2n) is 2.38. The molecule has 0 amide bonds. The maximum absolute atomic E-state index is 9.00. The van der Waals surface area contributed by atoms with Crippen molar-refractivity contribution >= 4 is 12.6 Å². The van der Waals surface area contributed by atoms with Crippen molar-refractivity contribution in [2.75, 3.05) is 0 Å². The van der Waals surface area contributed by atoms with Crippen molar-refractivity contribution in [3.8, 4) is 5.75 Å². The first kappa shape index (κ1) is 4.03. The second-order valence-corrected chi connectivity index (χ2v) is 2.38. The van der Waals surface area contributed by atoms with E-state index in [0.717, 1.165) is 6.07 Å². The molecule has 0 radical (unpaired) electrons. The zero-order valence-electron chi connectivity index (χ0n) is 13.7. The highest BCUT2D eigenvalue weighted by Gasteiger charge is 2.11. The molecular weight excluding hydrogens is 167 g/mol. The van der Waals surface area contributed by atoms with Crippen LogP contribution in [-0.4, -0.2) is 23.2 Å². The van der Waals surface area contributed by atoms with Gasteiger partial charge in [0.25, 0.3) is 0 Å². The summed E-state index contributed by atoms with van der Waals surface area (Å²) >= 11 is 0. The Morgan fingerprint density at radius 3 is 2.92 bits per heavy atom. The number of rotatable bonds is 3. The van der Waals surface area contributed by atoms with Gasteiger partial charge in [-0.1, -0.05) is 12.1 Å². The fourth-order valence-electron chi connectivity index (χ4n) is 0.856. The third-order valence-corrected chi connectivity index (χ3v) is 1.38. The summed E-state index contributed by atoms with van der Waals surface area (Å²) in [6.07, 6.45) is -3.15. The highest BCUT2D eigenvalue weighted by molar-refractivity contribution is 6.58. The Labute approximate surface area is 88.0 Å². The summed E-state index contributed by atoms with van der Waals surface area (Å²) < 4.78 is 55.7. The third kappa shape index (κ3) is 3.09. The molecule has 1 rings (SSSR count). The summed E-state index contributed by atoms with van der Waals surface area (Å²) in [5.74, 6) is -0.252. The highest BCUT2D eigenvalue weighted by atomic mass is 16.5. The molecule has 0 spiro atoms. The van der Waals surface area contributed by atoms with Gasteiger partial charge in [-0.3, -0.25) is 0 Å². The monoisotopic (exact) mass is 187 g/mol. The van der Waals surface area contributed by atoms with Crippen LogP contribution in [0.4, 0.5) is 0 Å². The van der Waals surface area contributed by atoms with Crippen LogP contribution < -0.4 is 10.2 Å². The van der Waals surface area contributed by atoms with E-state index in [0.29, 0.717) is 0 Å². The predicted molar refractivity (Wildman–Crippen MR) is 52.0 cm³/mol. The van der Waals surface area contributed by atoms with Gasteiger partial charge in [0, 0.05) is 8.22 Å². The molecule has 1 aromatic carbocycles. The molecule has 13 heavy (non-hydrogen) atoms. The van der Waals surface area contributed by atoms with Gasteiger partial charge >= 0.3 is 7.12 Å². The second kappa shape index (κ2) is 4.30. The van der Waals surface area contributed by atoms with Crippen LogP contribution in [-0.2, 0) is 0 Å². The Morgan fingerprint density at radius 2 is 2.31 bits per heavy atom. The van der Waals surface area contributed by atoms with E-state index in [1.165, 1.54) is 18.2 Å². The molecule has 0 fully saturated rings. The van der Waals surface area contributed by atoms with Gasteiger partial charge in [0.2, 0.25) is 0 Å². The summed E-state index contributed by atoms with van der Waals surface area (Å²) in [5.41, 5.74) is -0.0130. The van der Waals surface area contributed by atoms with Gasteiger partial charge in [-0.15, -0.1) is 0 Å². The van der Waals surface area contributed by atoms with Crippen LogP contribution in [0.25, 0.3) is 0 Å². The van der Waals surface area contributed by atoms with E-state index in [4.69, 9.17) is 24.4 Å². The predicted octanol–water partition coefficient (Wildman–Crippen LogP) is 0.154. The largest absolute Gasteiger partial charge is 0.491 e. The standard InChI is InChI=1S/C9H13BO3/c1-7(2)13-9-5-3-4-8(6-9)10(11)12/h3-7,11-12H,1-2H3/i1D3,2D3,7D. The number of benzene rings is 1. The normalized spacial score (nSPS) is 20.9. The molecule has 0 aliphatic heterocycles. The van der Waals surface area contributed by atoms with Crippen LogP contribution in [0.1, 0.15) is 23.3 Å². The lowest BCUT2D eigenvalue weighted by molar-refractivity contribution is 0.242. The lowest BCUT2D eigenvalue weighted by Gasteiger charge is -2.10. The molecule has 4 heteroatoms. The van der Waals surface area contributed by atoms with Crippen molar-refractivity contribution in [3.05, 3.63) is 24.3 Å². The van der Waals surface area contributed by atoms with E-state index in [1.807, 2.05) is 0 Å². The van der Waals surface area contributed by atoms with E-state index in [2.05, 4.69) is 0 Å². The minimum atomic E-state index is -3.22. The average Bonchev–Trinajstić information content (AvgIpc) is 2.26. The van der Waals surface area contributed by atoms with Crippen molar-refractivity contribution < 1.29 is 24.4 Å². The molecule has 0 unspecified atom stereocenters. The summed E-state index contributed by atoms with van der Waals surface area (Å²) in [7, 11) is -1.82. The SMILES string of the molecule is [2H]C([2H])([2H])C([2H])(Oc1cccc(B(O)O)c1)C([2H])([2H])[2H]. The number of hydrogen-bond acceptors (Lipinski definition) is 3. The van der Waals surface area contributed by atoms with Crippen molar-refractivity contribution in [2.45, 2.75) is 19.8 Å². The lowest BCUT2D eigenvalue weighted by Crippen LogP contribution is -2.29. The van der Waals surface area contributed by atoms with Gasteiger partial charge in [0.1, 0.15) is 5.75 Å². The van der Waals surface area contributed by atoms with Gasteiger partial charge in [0.15, 0.2) is 0 Å². The first-order valence-electron chi connectivity index (χ1n) is 7.03. The maximum Gasteiger partial charge on any atom is 0.488 e. The topological polar surface area (TPSA) is 49.7 Å². The Morgan fingerprint density at radius 1 is 1.54 bits per heavy atom. The average molecular weight is 187 g/mol. The van der Waals surface area contributed by atoms with Crippen LogP contribution in [0.2, 0.25) is 0 Å². The molecule has 0 saturated heterocycles. The van der Waals surface area contributed by atoms with Gasteiger partial charge in [-0.2, -0.15) is 0 Å². The molecular formula is C9H13BO3. The van der Waals surface area contributed by atoms with E-state index >= 15 is 0 Å². The highest BCUT2D eigenvalue weighted by Crippen LogP contribution is 2.09. The summed E-state index contributed by atoms with van der Waals surface area (Å²) in [4.78, 5) is 0. The van der Waals surface area contributed by atoms with Crippen LogP contribution in [0.3, 0.4) is 0 Å². The van der Waals surface area contributed by atoms with Crippen molar-refractivity contribution in [3.63, 3.8) is 0 Å². The van der Waals surface area contributed by atoms with E-state index in [-0.39, 0.29) is 11.2 Å². The zero-order valence-corrected chi connectivity index (χ0v) is 6.69. The van der Waals surface area contributed by atoms with Crippen molar-refractivity contribution in [2.24, 2.45) is 0 Å². The first-order valence-corrected chi connectivity index (χ1v) is 3.53. The minimum Gasteiger partial charge on any atom is -0.491 e. The molecule has 0 aromatic heterocycles. The van der Waals surface area contributed by atoms with Crippen LogP contribution in [0, 0.1) is 0 Å². The van der Waals surface area contributed by atoms with Gasteiger partial charge in [-0.05, 0) is 31.3 Å². The molecule has 0 saturated carbocycles. The summed E-state index contributed by atoms with van der Waals surface area (Å²) in [6, 6.07) is 4.94. The molecule has 1 aromatic rings. The third-order valence-electron chi connectivity index (χ3n) is 1.38. The summed E-state index contributed by atoms with van der Waals surface area (Å²) in [6.45, 7) is -6.43. The molecule has 0 aliphatic rings. The van der Waals surface area contributed by atoms with Gasteiger partial charge < -0.3 is 14.8 Å². The Bertz CT molecular complexity index is 457. The van der Waals surface area contributed by atoms with Crippen LogP contribution in [0.5, 0.6) is 5.75 Å². The Balaban J connectivity index is 3.19.